The highest BCUT2D eigenvalue weighted by Gasteiger charge is 2.15. The van der Waals surface area contributed by atoms with Crippen LogP contribution >= 0.6 is 0 Å². The number of para-hydroxylation sites is 1. The smallest absolute Gasteiger partial charge is 0.339 e. The Kier molecular flexibility index (Phi) is 7.78. The fourth-order valence-corrected chi connectivity index (χ4v) is 3.77. The van der Waals surface area contributed by atoms with E-state index in [-0.39, 0.29) is 12.3 Å². The molecule has 4 rings (SSSR count). The number of ether oxygens (including phenoxy) is 3. The van der Waals surface area contributed by atoms with E-state index < -0.39 is 5.97 Å². The van der Waals surface area contributed by atoms with Gasteiger partial charge in [-0.3, -0.25) is 4.79 Å². The number of hydrogen-bond donors (Lipinski definition) is 2. The quantitative estimate of drug-likeness (QED) is 0.455. The number of methoxy groups -OCH3 is 1. The molecule has 0 saturated carbocycles. The molecule has 34 heavy (non-hydrogen) atoms. The summed E-state index contributed by atoms with van der Waals surface area (Å²) in [5.74, 6) is 1.47. The molecule has 3 aromatic rings. The molecule has 1 aliphatic rings. The largest absolute Gasteiger partial charge is 0.492 e. The molecule has 1 heterocycles. The molecule has 3 aromatic carbocycles. The fraction of sp³-hybridized carbons (Fsp3) is 0.259. The topological polar surface area (TPSA) is 85.9 Å². The van der Waals surface area contributed by atoms with Gasteiger partial charge in [0.2, 0.25) is 5.91 Å². The summed E-state index contributed by atoms with van der Waals surface area (Å²) >= 11 is 0. The van der Waals surface area contributed by atoms with E-state index in [1.54, 1.807) is 24.3 Å². The number of nitrogens with one attached hydrogen (secondary N) is 2. The third kappa shape index (κ3) is 6.36. The lowest BCUT2D eigenvalue weighted by Gasteiger charge is -2.13. The molecule has 1 aliphatic heterocycles. The van der Waals surface area contributed by atoms with E-state index in [1.807, 2.05) is 48.5 Å². The number of amides is 1. The lowest BCUT2D eigenvalue weighted by molar-refractivity contribution is -0.115. The van der Waals surface area contributed by atoms with E-state index in [2.05, 4.69) is 10.6 Å². The molecule has 1 fully saturated rings. The van der Waals surface area contributed by atoms with Crippen LogP contribution in [-0.4, -0.2) is 38.2 Å². The third-order valence-corrected chi connectivity index (χ3v) is 5.57. The molecule has 0 aromatic heterocycles. The van der Waals surface area contributed by atoms with Crippen molar-refractivity contribution in [2.24, 2.45) is 0 Å². The number of esters is 1. The van der Waals surface area contributed by atoms with Crippen LogP contribution in [0.2, 0.25) is 0 Å². The summed E-state index contributed by atoms with van der Waals surface area (Å²) in [5.41, 5.74) is 1.56. The maximum atomic E-state index is 12.5. The van der Waals surface area contributed by atoms with Gasteiger partial charge >= 0.3 is 5.97 Å². The van der Waals surface area contributed by atoms with Gasteiger partial charge in [0, 0.05) is 6.04 Å². The number of benzene rings is 3. The van der Waals surface area contributed by atoms with Crippen LogP contribution in [0.15, 0.2) is 72.8 Å². The molecule has 1 atom stereocenters. The number of carbonyl (C=O) groups excluding carboxylic acids is 2. The lowest BCUT2D eigenvalue weighted by atomic mass is 10.1. The van der Waals surface area contributed by atoms with Gasteiger partial charge in [0.25, 0.3) is 0 Å². The van der Waals surface area contributed by atoms with Crippen LogP contribution in [0.3, 0.4) is 0 Å². The van der Waals surface area contributed by atoms with Crippen LogP contribution in [0.25, 0.3) is 0 Å². The molecule has 1 amide bonds. The molecule has 7 nitrogen and oxygen atoms in total. The van der Waals surface area contributed by atoms with Crippen molar-refractivity contribution in [1.82, 2.24) is 5.32 Å². The maximum absolute atomic E-state index is 12.5. The molecule has 0 radical (unpaired) electrons. The Hall–Kier alpha value is -3.84. The van der Waals surface area contributed by atoms with Gasteiger partial charge < -0.3 is 24.8 Å². The lowest BCUT2D eigenvalue weighted by Crippen LogP contribution is -2.28. The predicted molar refractivity (Wildman–Crippen MR) is 130 cm³/mol. The summed E-state index contributed by atoms with van der Waals surface area (Å²) in [7, 11) is 1.31. The van der Waals surface area contributed by atoms with Crippen LogP contribution in [-0.2, 0) is 16.0 Å². The highest BCUT2D eigenvalue weighted by Crippen LogP contribution is 2.25. The number of carbonyl (C=O) groups is 2. The van der Waals surface area contributed by atoms with Crippen molar-refractivity contribution >= 4 is 17.6 Å². The van der Waals surface area contributed by atoms with Crippen LogP contribution in [0.4, 0.5) is 5.69 Å². The molecule has 2 N–H and O–H groups in total. The highest BCUT2D eigenvalue weighted by atomic mass is 16.5. The van der Waals surface area contributed by atoms with Crippen LogP contribution < -0.4 is 20.1 Å². The zero-order chi connectivity index (χ0) is 23.8. The molecule has 0 spiro atoms. The van der Waals surface area contributed by atoms with Gasteiger partial charge in [0.15, 0.2) is 0 Å². The van der Waals surface area contributed by atoms with Gasteiger partial charge in [0.05, 0.1) is 24.8 Å². The van der Waals surface area contributed by atoms with E-state index in [1.165, 1.54) is 13.5 Å². The highest BCUT2D eigenvalue weighted by molar-refractivity contribution is 6.01. The summed E-state index contributed by atoms with van der Waals surface area (Å²) in [6.07, 6.45) is 2.52. The Morgan fingerprint density at radius 3 is 2.29 bits per heavy atom. The molecule has 0 unspecified atom stereocenters. The first-order valence-electron chi connectivity index (χ1n) is 11.3. The summed E-state index contributed by atoms with van der Waals surface area (Å²) in [6.45, 7) is 1.73. The molecule has 7 heteroatoms. The van der Waals surface area contributed by atoms with Crippen LogP contribution in [0, 0.1) is 0 Å². The molecular formula is C27H28N2O5. The van der Waals surface area contributed by atoms with Crippen molar-refractivity contribution in [1.29, 1.82) is 0 Å². The van der Waals surface area contributed by atoms with Crippen molar-refractivity contribution in [2.45, 2.75) is 25.3 Å². The minimum atomic E-state index is -0.497. The molecule has 0 aliphatic carbocycles. The minimum absolute atomic E-state index is 0.164. The average molecular weight is 461 g/mol. The molecule has 176 valence electrons. The predicted octanol–water partition coefficient (Wildman–Crippen LogP) is 4.58. The Labute approximate surface area is 199 Å². The molecular weight excluding hydrogens is 432 g/mol. The van der Waals surface area contributed by atoms with Gasteiger partial charge in [-0.05, 0) is 73.5 Å². The Morgan fingerprint density at radius 1 is 0.941 bits per heavy atom. The van der Waals surface area contributed by atoms with Crippen molar-refractivity contribution in [3.63, 3.8) is 0 Å². The van der Waals surface area contributed by atoms with Crippen LogP contribution in [0.1, 0.15) is 28.8 Å². The first-order chi connectivity index (χ1) is 16.6. The van der Waals surface area contributed by atoms with Crippen molar-refractivity contribution in [3.05, 3.63) is 83.9 Å². The molecule has 0 bridgehead atoms. The van der Waals surface area contributed by atoms with Crippen LogP contribution in [0.5, 0.6) is 17.2 Å². The van der Waals surface area contributed by atoms with Gasteiger partial charge in [-0.15, -0.1) is 0 Å². The van der Waals surface area contributed by atoms with E-state index >= 15 is 0 Å². The first kappa shape index (κ1) is 23.3. The second-order valence-electron chi connectivity index (χ2n) is 8.08. The van der Waals surface area contributed by atoms with Crippen molar-refractivity contribution in [2.75, 3.05) is 25.6 Å². The number of anilines is 1. The number of rotatable bonds is 9. The average Bonchev–Trinajstić information content (AvgIpc) is 3.38. The Morgan fingerprint density at radius 2 is 1.62 bits per heavy atom. The van der Waals surface area contributed by atoms with Gasteiger partial charge in [-0.25, -0.2) is 4.79 Å². The summed E-state index contributed by atoms with van der Waals surface area (Å²) < 4.78 is 16.5. The Bertz CT molecular complexity index is 1110. The summed E-state index contributed by atoms with van der Waals surface area (Å²) in [6, 6.07) is 22.0. The summed E-state index contributed by atoms with van der Waals surface area (Å²) in [4.78, 5) is 24.4. The second kappa shape index (κ2) is 11.3. The zero-order valence-corrected chi connectivity index (χ0v) is 19.1. The van der Waals surface area contributed by atoms with Gasteiger partial charge in [-0.2, -0.15) is 0 Å². The minimum Gasteiger partial charge on any atom is -0.492 e. The summed E-state index contributed by atoms with van der Waals surface area (Å²) in [5, 5.41) is 6.19. The van der Waals surface area contributed by atoms with E-state index in [0.29, 0.717) is 35.4 Å². The van der Waals surface area contributed by atoms with Gasteiger partial charge in [0.1, 0.15) is 23.9 Å². The second-order valence-corrected chi connectivity index (χ2v) is 8.08. The van der Waals surface area contributed by atoms with E-state index in [9.17, 15) is 9.59 Å². The van der Waals surface area contributed by atoms with E-state index in [0.717, 1.165) is 24.3 Å². The normalized spacial score (nSPS) is 14.9. The van der Waals surface area contributed by atoms with Crippen molar-refractivity contribution in [3.8, 4) is 17.2 Å². The van der Waals surface area contributed by atoms with E-state index in [4.69, 9.17) is 14.2 Å². The fourth-order valence-electron chi connectivity index (χ4n) is 3.77. The number of hydrogen-bond acceptors (Lipinski definition) is 6. The third-order valence-electron chi connectivity index (χ3n) is 5.57. The van der Waals surface area contributed by atoms with Gasteiger partial charge in [-0.1, -0.05) is 24.3 Å². The monoisotopic (exact) mass is 460 g/mol. The molecule has 1 saturated heterocycles. The standard InChI is InChI=1S/C27H28N2O5/c1-32-27(31)24-6-2-3-7-25(24)29-26(30)17-19-8-10-22(11-9-19)34-23-14-12-21(13-15-23)33-18-20-5-4-16-28-20/h2-3,6-15,20,28H,4-5,16-18H2,1H3,(H,29,30)/t20-/m0/s1. The first-order valence-corrected chi connectivity index (χ1v) is 11.3. The Balaban J connectivity index is 1.28. The SMILES string of the molecule is COC(=O)c1ccccc1NC(=O)Cc1ccc(Oc2ccc(OC[C@@H]3CCCN3)cc2)cc1. The maximum Gasteiger partial charge on any atom is 0.339 e. The zero-order valence-electron chi connectivity index (χ0n) is 19.1. The van der Waals surface area contributed by atoms with Crippen molar-refractivity contribution < 1.29 is 23.8 Å².